The number of hydrogen-bond donors (Lipinski definition) is 2. The van der Waals surface area contributed by atoms with Crippen molar-refractivity contribution in [3.8, 4) is 28.4 Å². The number of nitrogens with zero attached hydrogens (tertiary/aromatic N) is 7. The summed E-state index contributed by atoms with van der Waals surface area (Å²) in [6, 6.07) is 7.60. The van der Waals surface area contributed by atoms with Gasteiger partial charge in [-0.25, -0.2) is 14.2 Å². The number of aromatic nitrogens is 6. The number of nitrogens with one attached hydrogen (secondary N) is 2. The maximum atomic E-state index is 13.7. The molecule has 2 fully saturated rings. The molecule has 5 aromatic rings. The molecule has 13 heteroatoms. The molecule has 0 atom stereocenters. The van der Waals surface area contributed by atoms with Crippen molar-refractivity contribution >= 4 is 28.1 Å². The lowest BCUT2D eigenvalue weighted by Gasteiger charge is -2.41. The predicted octanol–water partition coefficient (Wildman–Crippen LogP) is 2.78. The molecule has 0 unspecified atom stereocenters. The van der Waals surface area contributed by atoms with Gasteiger partial charge in [-0.15, -0.1) is 0 Å². The van der Waals surface area contributed by atoms with Gasteiger partial charge in [-0.1, -0.05) is 0 Å². The highest BCUT2D eigenvalue weighted by Crippen LogP contribution is 2.38. The lowest BCUT2D eigenvalue weighted by Crippen LogP contribution is -2.60. The monoisotopic (exact) mass is 595 g/mol. The lowest BCUT2D eigenvalue weighted by molar-refractivity contribution is 0.0329. The molecule has 2 N–H and O–H groups in total. The first kappa shape index (κ1) is 26.8. The normalized spacial score (nSPS) is 17.6. The molecular weight excluding hydrogens is 562 g/mol. The number of amides is 1. The highest BCUT2D eigenvalue weighted by molar-refractivity contribution is 6.06. The van der Waals surface area contributed by atoms with Crippen LogP contribution in [0.5, 0.6) is 11.5 Å². The molecule has 8 rings (SSSR count). The summed E-state index contributed by atoms with van der Waals surface area (Å²) < 4.78 is 20.7. The highest BCUT2D eigenvalue weighted by atomic mass is 16.5. The van der Waals surface area contributed by atoms with Gasteiger partial charge in [0.2, 0.25) is 0 Å². The van der Waals surface area contributed by atoms with Gasteiger partial charge in [0.25, 0.3) is 5.91 Å². The number of likely N-dealkylation sites (tertiary alicyclic amines) is 1. The van der Waals surface area contributed by atoms with Crippen LogP contribution < -0.4 is 20.1 Å². The second kappa shape index (κ2) is 11.1. The number of ether oxygens (including phenoxy) is 3. The van der Waals surface area contributed by atoms with Crippen molar-refractivity contribution in [3.05, 3.63) is 54.7 Å². The van der Waals surface area contributed by atoms with Crippen LogP contribution in [-0.2, 0) is 4.74 Å². The summed E-state index contributed by atoms with van der Waals surface area (Å²) in [7, 11) is 1.62. The fourth-order valence-corrected chi connectivity index (χ4v) is 6.36. The van der Waals surface area contributed by atoms with Gasteiger partial charge in [0, 0.05) is 70.1 Å². The van der Waals surface area contributed by atoms with E-state index in [1.165, 1.54) is 0 Å². The molecule has 1 amide bonds. The van der Waals surface area contributed by atoms with Gasteiger partial charge in [0.1, 0.15) is 23.8 Å². The Balaban J connectivity index is 1.15. The first-order chi connectivity index (χ1) is 21.6. The van der Waals surface area contributed by atoms with E-state index in [9.17, 15) is 4.79 Å². The molecule has 2 saturated heterocycles. The SMILES string of the molecule is COc1cc2c(cc1-n1nc(C(=O)NC3CN(CC4CCOCC4)C3)c3cnc(-c4cnn5cccnc45)cc31)OCCN2. The van der Waals surface area contributed by atoms with Crippen LogP contribution in [0.25, 0.3) is 33.5 Å². The largest absolute Gasteiger partial charge is 0.494 e. The first-order valence-electron chi connectivity index (χ1n) is 15.0. The average Bonchev–Trinajstić information content (AvgIpc) is 3.65. The highest BCUT2D eigenvalue weighted by Gasteiger charge is 2.32. The van der Waals surface area contributed by atoms with Gasteiger partial charge in [-0.05, 0) is 30.9 Å². The van der Waals surface area contributed by atoms with Crippen molar-refractivity contribution < 1.29 is 19.0 Å². The summed E-state index contributed by atoms with van der Waals surface area (Å²) in [4.78, 5) is 25.4. The summed E-state index contributed by atoms with van der Waals surface area (Å²) in [5, 5.41) is 16.5. The Morgan fingerprint density at radius 2 is 2.02 bits per heavy atom. The molecule has 3 aliphatic rings. The number of carbonyl (C=O) groups is 1. The molecule has 0 radical (unpaired) electrons. The number of anilines is 1. The maximum absolute atomic E-state index is 13.7. The van der Waals surface area contributed by atoms with Gasteiger partial charge in [-0.2, -0.15) is 10.2 Å². The van der Waals surface area contributed by atoms with E-state index in [0.717, 1.165) is 56.9 Å². The van der Waals surface area contributed by atoms with E-state index in [1.54, 1.807) is 34.9 Å². The topological polar surface area (TPSA) is 133 Å². The summed E-state index contributed by atoms with van der Waals surface area (Å²) in [5.41, 5.74) is 4.63. The van der Waals surface area contributed by atoms with E-state index in [-0.39, 0.29) is 11.9 Å². The Morgan fingerprint density at radius 1 is 1.14 bits per heavy atom. The van der Waals surface area contributed by atoms with E-state index in [2.05, 4.69) is 25.6 Å². The van der Waals surface area contributed by atoms with Crippen LogP contribution in [0.1, 0.15) is 23.3 Å². The van der Waals surface area contributed by atoms with Crippen molar-refractivity contribution in [1.82, 2.24) is 39.6 Å². The third kappa shape index (κ3) is 4.77. The quantitative estimate of drug-likeness (QED) is 0.289. The molecule has 1 aromatic carbocycles. The second-order valence-corrected chi connectivity index (χ2v) is 11.5. The Hall–Kier alpha value is -4.75. The molecule has 0 saturated carbocycles. The molecular formula is C31H33N9O4. The molecule has 3 aliphatic heterocycles. The van der Waals surface area contributed by atoms with Crippen LogP contribution in [0, 0.1) is 5.92 Å². The Kier molecular flexibility index (Phi) is 6.75. The van der Waals surface area contributed by atoms with E-state index in [4.69, 9.17) is 24.3 Å². The number of rotatable bonds is 7. The van der Waals surface area contributed by atoms with Crippen molar-refractivity contribution in [2.24, 2.45) is 5.92 Å². The van der Waals surface area contributed by atoms with Crippen LogP contribution in [0.3, 0.4) is 0 Å². The Morgan fingerprint density at radius 3 is 2.89 bits per heavy atom. The minimum atomic E-state index is -0.230. The minimum absolute atomic E-state index is 0.0670. The molecule has 226 valence electrons. The molecule has 13 nitrogen and oxygen atoms in total. The maximum Gasteiger partial charge on any atom is 0.272 e. The third-order valence-corrected chi connectivity index (χ3v) is 8.67. The van der Waals surface area contributed by atoms with E-state index in [0.29, 0.717) is 64.2 Å². The number of hydrogen-bond acceptors (Lipinski definition) is 10. The van der Waals surface area contributed by atoms with Gasteiger partial charge < -0.3 is 24.8 Å². The molecule has 4 aromatic heterocycles. The van der Waals surface area contributed by atoms with Gasteiger partial charge in [-0.3, -0.25) is 14.7 Å². The van der Waals surface area contributed by atoms with E-state index >= 15 is 0 Å². The molecule has 44 heavy (non-hydrogen) atoms. The van der Waals surface area contributed by atoms with Crippen LogP contribution in [0.2, 0.25) is 0 Å². The number of pyridine rings is 1. The van der Waals surface area contributed by atoms with Gasteiger partial charge in [0.15, 0.2) is 11.3 Å². The van der Waals surface area contributed by atoms with Gasteiger partial charge in [0.05, 0.1) is 47.2 Å². The lowest BCUT2D eigenvalue weighted by atomic mass is 9.97. The van der Waals surface area contributed by atoms with Crippen molar-refractivity contribution in [2.45, 2.75) is 18.9 Å². The predicted molar refractivity (Wildman–Crippen MR) is 163 cm³/mol. The molecule has 0 aliphatic carbocycles. The van der Waals surface area contributed by atoms with Crippen LogP contribution >= 0.6 is 0 Å². The fraction of sp³-hybridized carbons (Fsp3) is 0.387. The van der Waals surface area contributed by atoms with Crippen LogP contribution in [0.4, 0.5) is 5.69 Å². The summed E-state index contributed by atoms with van der Waals surface area (Å²) in [6.07, 6.45) is 9.22. The average molecular weight is 596 g/mol. The molecule has 0 spiro atoms. The first-order valence-corrected chi connectivity index (χ1v) is 15.0. The summed E-state index contributed by atoms with van der Waals surface area (Å²) >= 11 is 0. The minimum Gasteiger partial charge on any atom is -0.494 e. The van der Waals surface area contributed by atoms with Crippen molar-refractivity contribution in [3.63, 3.8) is 0 Å². The summed E-state index contributed by atoms with van der Waals surface area (Å²) in [6.45, 7) is 5.65. The third-order valence-electron chi connectivity index (χ3n) is 8.67. The Bertz CT molecular complexity index is 1860. The zero-order valence-corrected chi connectivity index (χ0v) is 24.4. The van der Waals surface area contributed by atoms with Gasteiger partial charge >= 0.3 is 0 Å². The number of methoxy groups -OCH3 is 1. The number of benzene rings is 1. The van der Waals surface area contributed by atoms with Crippen molar-refractivity contribution in [1.29, 1.82) is 0 Å². The summed E-state index contributed by atoms with van der Waals surface area (Å²) in [5.74, 6) is 1.72. The zero-order valence-electron chi connectivity index (χ0n) is 24.4. The smallest absolute Gasteiger partial charge is 0.272 e. The molecule has 0 bridgehead atoms. The van der Waals surface area contributed by atoms with Crippen LogP contribution in [0.15, 0.2) is 49.1 Å². The van der Waals surface area contributed by atoms with E-state index in [1.807, 2.05) is 30.5 Å². The zero-order chi connectivity index (χ0) is 29.6. The van der Waals surface area contributed by atoms with E-state index < -0.39 is 0 Å². The molecule has 7 heterocycles. The fourth-order valence-electron chi connectivity index (χ4n) is 6.36. The van der Waals surface area contributed by atoms with Crippen LogP contribution in [-0.4, -0.2) is 99.3 Å². The standard InChI is InChI=1S/C31H33N9O4/c1-42-28-12-24-27(44-10-6-32-24)13-26(28)40-25-11-23(21-15-35-39-7-2-5-33-30(21)39)34-14-22(25)29(37-40)31(41)36-20-17-38(18-20)16-19-3-8-43-9-4-19/h2,5,7,11-15,19-20,32H,3-4,6,8-10,16-18H2,1H3,(H,36,41). The number of fused-ring (bicyclic) bond motifs is 3. The second-order valence-electron chi connectivity index (χ2n) is 11.5. The Labute approximate surface area is 253 Å². The number of carbonyl (C=O) groups excluding carboxylic acids is 1. The van der Waals surface area contributed by atoms with Crippen molar-refractivity contribution in [2.75, 3.05) is 58.4 Å².